The van der Waals surface area contributed by atoms with E-state index < -0.39 is 5.97 Å². The van der Waals surface area contributed by atoms with Crippen LogP contribution in [0.2, 0.25) is 0 Å². The van der Waals surface area contributed by atoms with Gasteiger partial charge >= 0.3 is 88.7 Å². The molecule has 4 aromatic rings. The Morgan fingerprint density at radius 3 is 2.41 bits per heavy atom. The van der Waals surface area contributed by atoms with E-state index in [2.05, 4.69) is 35.9 Å². The number of phenols is 1. The molecule has 0 bridgehead atoms. The number of nitrogens with zero attached hydrogens (tertiary/aromatic N) is 4. The van der Waals surface area contributed by atoms with Crippen molar-refractivity contribution in [1.82, 2.24) is 0 Å². The van der Waals surface area contributed by atoms with Crippen molar-refractivity contribution in [1.29, 1.82) is 0 Å². The van der Waals surface area contributed by atoms with Gasteiger partial charge in [0.15, 0.2) is 11.5 Å². The molecule has 0 heterocycles. The number of fused-ring (bicyclic) bond motifs is 1. The van der Waals surface area contributed by atoms with Crippen molar-refractivity contribution >= 4 is 57.2 Å². The molecule has 0 saturated carbocycles. The molecule has 3 N–H and O–H groups in total. The smallest absolute Gasteiger partial charge is 1.00 e. The summed E-state index contributed by atoms with van der Waals surface area (Å²) in [6.45, 7) is 1.99. The Bertz CT molecular complexity index is 1730. The fourth-order valence-corrected chi connectivity index (χ4v) is 4.08. The van der Waals surface area contributed by atoms with Crippen molar-refractivity contribution in [3.8, 4) is 29.8 Å². The number of aromatic hydroxyl groups is 1. The summed E-state index contributed by atoms with van der Waals surface area (Å²) < 4.78 is 15.4. The summed E-state index contributed by atoms with van der Waals surface area (Å²) in [5.41, 5.74) is 6.67. The van der Waals surface area contributed by atoms with E-state index in [-0.39, 0.29) is 147 Å². The van der Waals surface area contributed by atoms with Crippen LogP contribution in [0.3, 0.4) is 0 Å². The van der Waals surface area contributed by atoms with Gasteiger partial charge in [-0.15, -0.1) is 15.3 Å². The number of carbonyl (C=O) groups is 1. The third kappa shape index (κ3) is 10.2. The summed E-state index contributed by atoms with van der Waals surface area (Å²) in [4.78, 5) is 11.4. The second-order valence-electron chi connectivity index (χ2n) is 7.95. The Labute approximate surface area is 323 Å². The Balaban J connectivity index is 0.00000484. The number of nitrogen functional groups attached to an aromatic ring is 1. The summed E-state index contributed by atoms with van der Waals surface area (Å²) in [7, 11) is 0. The number of hydrogen-bond acceptors (Lipinski definition) is 14. The number of azo groups is 2. The maximum atomic E-state index is 11.2. The van der Waals surface area contributed by atoms with Crippen LogP contribution >= 0.6 is 12.0 Å². The van der Waals surface area contributed by atoms with Crippen molar-refractivity contribution in [3.05, 3.63) is 66.2 Å². The number of carbonyl (C=O) groups excluding carboxylic acids is 1. The van der Waals surface area contributed by atoms with Gasteiger partial charge < -0.3 is 36.9 Å². The van der Waals surface area contributed by atoms with Crippen LogP contribution in [0.15, 0.2) is 86.0 Å². The van der Waals surface area contributed by atoms with Crippen LogP contribution in [0.25, 0.3) is 10.8 Å². The molecule has 210 valence electrons. The Kier molecular flexibility index (Phi) is 17.5. The average molecular weight is 644 g/mol. The quantitative estimate of drug-likeness (QED) is 0.0310. The van der Waals surface area contributed by atoms with Gasteiger partial charge in [-0.3, -0.25) is 5.04 Å². The number of terminal acetylenes is 1. The Morgan fingerprint density at radius 2 is 1.73 bits per heavy atom. The zero-order valence-electron chi connectivity index (χ0n) is 25.1. The normalized spacial score (nSPS) is 10.5. The number of hydrogen-bond donors (Lipinski definition) is 2. The SMILES string of the molecule is C#COc1cc(N=Nc2cccc(C(=O)[O-])c2)c(OCC)cc1N=Nc1c(SOO[O-])cc2ccc(N)cc2c1O.[H-].[Na+].[Na+].[Na+]. The second kappa shape index (κ2) is 19.3. The van der Waals surface area contributed by atoms with Gasteiger partial charge in [0.1, 0.15) is 28.9 Å². The molecule has 0 saturated heterocycles. The molecule has 0 aliphatic carbocycles. The minimum Gasteiger partial charge on any atom is -1.00 e. The van der Waals surface area contributed by atoms with Gasteiger partial charge in [-0.25, -0.2) is 0 Å². The predicted octanol–water partition coefficient (Wildman–Crippen LogP) is -3.95. The molecular formula is C27H20N5Na3O8S. The molecule has 0 aliphatic rings. The van der Waals surface area contributed by atoms with Gasteiger partial charge in [-0.1, -0.05) is 24.6 Å². The van der Waals surface area contributed by atoms with E-state index in [0.717, 1.165) is 0 Å². The number of benzene rings is 4. The number of ether oxygens (including phenoxy) is 2. The van der Waals surface area contributed by atoms with E-state index >= 15 is 0 Å². The van der Waals surface area contributed by atoms with Crippen molar-refractivity contribution in [2.75, 3.05) is 12.3 Å². The van der Waals surface area contributed by atoms with Crippen LogP contribution in [-0.4, -0.2) is 17.7 Å². The third-order valence-electron chi connectivity index (χ3n) is 5.35. The number of phenolic OH excluding ortho intramolecular Hbond substituents is 1. The molecule has 0 atom stereocenters. The largest absolute Gasteiger partial charge is 1.00 e. The van der Waals surface area contributed by atoms with E-state index in [1.165, 1.54) is 30.3 Å². The molecule has 0 unspecified atom stereocenters. The van der Waals surface area contributed by atoms with E-state index in [0.29, 0.717) is 28.5 Å². The van der Waals surface area contributed by atoms with Crippen molar-refractivity contribution in [2.24, 2.45) is 20.5 Å². The van der Waals surface area contributed by atoms with Gasteiger partial charge in [-0.05, 0) is 48.2 Å². The van der Waals surface area contributed by atoms with Gasteiger partial charge in [0, 0.05) is 23.2 Å². The molecule has 4 rings (SSSR count). The van der Waals surface area contributed by atoms with Gasteiger partial charge in [0.25, 0.3) is 0 Å². The fraction of sp³-hybridized carbons (Fsp3) is 0.0741. The second-order valence-corrected chi connectivity index (χ2v) is 8.69. The predicted molar refractivity (Wildman–Crippen MR) is 145 cm³/mol. The molecule has 0 spiro atoms. The minimum absolute atomic E-state index is 0. The van der Waals surface area contributed by atoms with Crippen molar-refractivity contribution in [3.63, 3.8) is 0 Å². The molecule has 0 aromatic heterocycles. The number of carboxylic acid groups (broad SMARTS) is 1. The van der Waals surface area contributed by atoms with Crippen LogP contribution in [0.1, 0.15) is 18.7 Å². The van der Waals surface area contributed by atoms with Crippen molar-refractivity contribution < 1.29 is 129 Å². The summed E-state index contributed by atoms with van der Waals surface area (Å²) in [6.07, 6.45) is 7.42. The molecule has 44 heavy (non-hydrogen) atoms. The summed E-state index contributed by atoms with van der Waals surface area (Å²) in [6, 6.07) is 15.0. The van der Waals surface area contributed by atoms with Crippen LogP contribution < -0.4 is 114 Å². The number of anilines is 1. The molecule has 0 radical (unpaired) electrons. The molecule has 0 fully saturated rings. The zero-order chi connectivity index (χ0) is 29.4. The average Bonchev–Trinajstić information content (AvgIpc) is 2.96. The topological polar surface area (TPSA) is 196 Å². The van der Waals surface area contributed by atoms with Crippen LogP contribution in [0.4, 0.5) is 28.4 Å². The summed E-state index contributed by atoms with van der Waals surface area (Å²) in [5.74, 6) is -1.39. The van der Waals surface area contributed by atoms with E-state index in [4.69, 9.17) is 21.6 Å². The Hall–Kier alpha value is -2.20. The summed E-state index contributed by atoms with van der Waals surface area (Å²) >= 11 is 0.515. The van der Waals surface area contributed by atoms with Crippen molar-refractivity contribution in [2.45, 2.75) is 11.8 Å². The van der Waals surface area contributed by atoms with Crippen LogP contribution in [0, 0.1) is 12.5 Å². The third-order valence-corrected chi connectivity index (χ3v) is 5.96. The molecule has 0 amide bonds. The van der Waals surface area contributed by atoms with Crippen LogP contribution in [0.5, 0.6) is 17.2 Å². The first kappa shape index (κ1) is 39.8. The standard InChI is InChI=1S/C27H21N5O8S.3Na.H/c1-3-37-22-14-21(23(38-4-2)13-20(22)30-29-18-7-5-6-16(10-18)27(34)35)31-32-25-24(41-40-39-36)11-15-8-9-17(28)12-19(15)26(25)33;;;;/h2,5-14,33,36H,3,28H2,1H3,(H,34,35);;;;/q;3*+1;-1/p-2. The number of nitrogens with two attached hydrogens (primary N) is 1. The van der Waals surface area contributed by atoms with E-state index in [1.807, 2.05) is 0 Å². The van der Waals surface area contributed by atoms with E-state index in [1.54, 1.807) is 37.3 Å². The van der Waals surface area contributed by atoms with Gasteiger partial charge in [0.2, 0.25) is 0 Å². The van der Waals surface area contributed by atoms with Crippen LogP contribution in [-0.2, 0) is 9.37 Å². The minimum atomic E-state index is -1.36. The zero-order valence-corrected chi connectivity index (χ0v) is 31.0. The molecule has 4 aromatic carbocycles. The first-order valence-electron chi connectivity index (χ1n) is 11.6. The number of carboxylic acids is 1. The fourth-order valence-electron chi connectivity index (χ4n) is 3.59. The first-order valence-corrected chi connectivity index (χ1v) is 12.3. The Morgan fingerprint density at radius 1 is 1.02 bits per heavy atom. The number of aromatic carboxylic acids is 1. The van der Waals surface area contributed by atoms with Gasteiger partial charge in [-0.2, -0.15) is 9.45 Å². The molecule has 0 aliphatic heterocycles. The molecule has 17 heteroatoms. The van der Waals surface area contributed by atoms with Gasteiger partial charge in [0.05, 0.1) is 35.2 Å². The summed E-state index contributed by atoms with van der Waals surface area (Å²) in [5, 5.41) is 53.5. The molecule has 13 nitrogen and oxygen atoms in total. The van der Waals surface area contributed by atoms with E-state index in [9.17, 15) is 20.3 Å². The first-order chi connectivity index (χ1) is 19.8. The maximum absolute atomic E-state index is 11.2. The molecular weight excluding hydrogens is 623 g/mol. The monoisotopic (exact) mass is 643 g/mol. The number of rotatable bonds is 11. The maximum Gasteiger partial charge on any atom is 1.00 e.